The number of hydrogen-bond acceptors (Lipinski definition) is 3. The predicted octanol–water partition coefficient (Wildman–Crippen LogP) is 4.52. The number of rotatable bonds is 4. The second kappa shape index (κ2) is 6.89. The van der Waals surface area contributed by atoms with Gasteiger partial charge in [0.05, 0.1) is 17.6 Å². The first kappa shape index (κ1) is 17.9. The van der Waals surface area contributed by atoms with Gasteiger partial charge in [-0.3, -0.25) is 4.98 Å². The zero-order chi connectivity index (χ0) is 19.0. The van der Waals surface area contributed by atoms with E-state index in [4.69, 9.17) is 0 Å². The molecule has 1 atom stereocenters. The topological polar surface area (TPSA) is 42.7 Å². The number of halogens is 1. The van der Waals surface area contributed by atoms with E-state index in [9.17, 15) is 4.39 Å². The molecular weight excluding hydrogens is 339 g/mol. The highest BCUT2D eigenvalue weighted by Gasteiger charge is 2.35. The molecule has 1 aromatic carbocycles. The third-order valence-electron chi connectivity index (χ3n) is 5.23. The van der Waals surface area contributed by atoms with Gasteiger partial charge in [-0.25, -0.2) is 9.07 Å². The fourth-order valence-corrected chi connectivity index (χ4v) is 3.96. The second-order valence-corrected chi connectivity index (χ2v) is 8.18. The molecule has 1 aliphatic rings. The van der Waals surface area contributed by atoms with Gasteiger partial charge in [0.15, 0.2) is 0 Å². The van der Waals surface area contributed by atoms with Crippen LogP contribution in [0, 0.1) is 18.2 Å². The highest BCUT2D eigenvalue weighted by atomic mass is 19.1. The van der Waals surface area contributed by atoms with Crippen LogP contribution in [0.5, 0.6) is 0 Å². The molecule has 1 N–H and O–H groups in total. The van der Waals surface area contributed by atoms with Crippen LogP contribution in [-0.4, -0.2) is 14.8 Å². The molecule has 5 heteroatoms. The van der Waals surface area contributed by atoms with E-state index in [2.05, 4.69) is 35.3 Å². The molecule has 4 nitrogen and oxygen atoms in total. The van der Waals surface area contributed by atoms with E-state index in [-0.39, 0.29) is 17.3 Å². The first-order chi connectivity index (χ1) is 12.9. The molecule has 3 aromatic rings. The zero-order valence-electron chi connectivity index (χ0n) is 16.0. The van der Waals surface area contributed by atoms with Crippen LogP contribution >= 0.6 is 0 Å². The Morgan fingerprint density at radius 3 is 2.70 bits per heavy atom. The lowest BCUT2D eigenvalue weighted by Crippen LogP contribution is -2.33. The van der Waals surface area contributed by atoms with Gasteiger partial charge in [0, 0.05) is 29.5 Å². The summed E-state index contributed by atoms with van der Waals surface area (Å²) in [5.74, 6) is -0.231. The van der Waals surface area contributed by atoms with Gasteiger partial charge >= 0.3 is 0 Å². The van der Waals surface area contributed by atoms with Crippen LogP contribution in [0.25, 0.3) is 5.69 Å². The van der Waals surface area contributed by atoms with Gasteiger partial charge in [0.2, 0.25) is 0 Å². The third-order valence-corrected chi connectivity index (χ3v) is 5.23. The summed E-state index contributed by atoms with van der Waals surface area (Å²) in [6, 6.07) is 12.9. The molecule has 0 saturated carbocycles. The Labute approximate surface area is 159 Å². The summed E-state index contributed by atoms with van der Waals surface area (Å²) in [4.78, 5) is 4.59. The van der Waals surface area contributed by atoms with Crippen molar-refractivity contribution >= 4 is 0 Å². The average Bonchev–Trinajstić information content (AvgIpc) is 3.03. The molecule has 0 bridgehead atoms. The summed E-state index contributed by atoms with van der Waals surface area (Å²) in [6.07, 6.45) is 3.94. The van der Waals surface area contributed by atoms with Crippen molar-refractivity contribution in [3.63, 3.8) is 0 Å². The Balaban J connectivity index is 1.63. The molecular formula is C22H25FN4. The Bertz CT molecular complexity index is 943. The van der Waals surface area contributed by atoms with E-state index >= 15 is 0 Å². The van der Waals surface area contributed by atoms with Crippen molar-refractivity contribution in [2.24, 2.45) is 5.41 Å². The lowest BCUT2D eigenvalue weighted by atomic mass is 9.74. The van der Waals surface area contributed by atoms with Crippen LogP contribution in [-0.2, 0) is 13.0 Å². The average molecular weight is 364 g/mol. The van der Waals surface area contributed by atoms with Crippen LogP contribution in [0.4, 0.5) is 4.39 Å². The van der Waals surface area contributed by atoms with E-state index < -0.39 is 0 Å². The predicted molar refractivity (Wildman–Crippen MR) is 104 cm³/mol. The zero-order valence-corrected chi connectivity index (χ0v) is 16.0. The van der Waals surface area contributed by atoms with Gasteiger partial charge in [-0.15, -0.1) is 0 Å². The van der Waals surface area contributed by atoms with Crippen LogP contribution < -0.4 is 5.32 Å². The molecule has 0 radical (unpaired) electrons. The number of nitrogens with one attached hydrogen (secondary N) is 1. The van der Waals surface area contributed by atoms with Crippen LogP contribution in [0.15, 0.2) is 48.7 Å². The largest absolute Gasteiger partial charge is 0.304 e. The van der Waals surface area contributed by atoms with E-state index in [1.807, 2.05) is 29.9 Å². The normalized spacial score (nSPS) is 18.3. The van der Waals surface area contributed by atoms with Crippen molar-refractivity contribution < 1.29 is 4.39 Å². The fraction of sp³-hybridized carbons (Fsp3) is 0.364. The Hall–Kier alpha value is -2.53. The van der Waals surface area contributed by atoms with Crippen LogP contribution in [0.3, 0.4) is 0 Å². The molecule has 0 amide bonds. The molecule has 2 aromatic heterocycles. The van der Waals surface area contributed by atoms with Gasteiger partial charge < -0.3 is 5.32 Å². The van der Waals surface area contributed by atoms with Crippen molar-refractivity contribution in [1.29, 1.82) is 0 Å². The maximum Gasteiger partial charge on any atom is 0.123 e. The van der Waals surface area contributed by atoms with E-state index in [1.54, 1.807) is 12.1 Å². The van der Waals surface area contributed by atoms with Gasteiger partial charge in [0.25, 0.3) is 0 Å². The van der Waals surface area contributed by atoms with Crippen molar-refractivity contribution in [3.8, 4) is 5.69 Å². The highest BCUT2D eigenvalue weighted by molar-refractivity contribution is 5.38. The standard InChI is InChI=1S/C22H25FN4/c1-15-5-4-6-17(26-15)13-24-20-11-22(2,3)12-21-19(20)14-25-27(21)18-9-7-16(23)8-10-18/h4-10,14,20,24H,11-13H2,1-3H3. The van der Waals surface area contributed by atoms with Crippen molar-refractivity contribution in [2.45, 2.75) is 46.2 Å². The number of pyridine rings is 1. The van der Waals surface area contributed by atoms with Gasteiger partial charge in [-0.2, -0.15) is 5.10 Å². The third kappa shape index (κ3) is 3.78. The summed E-state index contributed by atoms with van der Waals surface area (Å²) in [6.45, 7) is 7.32. The Morgan fingerprint density at radius 2 is 1.96 bits per heavy atom. The SMILES string of the molecule is Cc1cccc(CNC2CC(C)(C)Cc3c2cnn3-c2ccc(F)cc2)n1. The summed E-state index contributed by atoms with van der Waals surface area (Å²) < 4.78 is 15.3. The lowest BCUT2D eigenvalue weighted by molar-refractivity contribution is 0.252. The number of aryl methyl sites for hydroxylation is 1. The summed E-state index contributed by atoms with van der Waals surface area (Å²) in [5, 5.41) is 8.30. The quantitative estimate of drug-likeness (QED) is 0.740. The monoisotopic (exact) mass is 364 g/mol. The Morgan fingerprint density at radius 1 is 1.19 bits per heavy atom. The summed E-state index contributed by atoms with van der Waals surface area (Å²) in [5.41, 5.74) is 5.56. The minimum Gasteiger partial charge on any atom is -0.304 e. The van der Waals surface area contributed by atoms with Crippen molar-refractivity contribution in [1.82, 2.24) is 20.1 Å². The number of fused-ring (bicyclic) bond motifs is 1. The van der Waals surface area contributed by atoms with Crippen molar-refractivity contribution in [2.75, 3.05) is 0 Å². The van der Waals surface area contributed by atoms with Gasteiger partial charge in [-0.05, 0) is 61.6 Å². The first-order valence-electron chi connectivity index (χ1n) is 9.40. The van der Waals surface area contributed by atoms with Crippen LogP contribution in [0.2, 0.25) is 0 Å². The number of benzene rings is 1. The van der Waals surface area contributed by atoms with E-state index in [0.717, 1.165) is 36.5 Å². The summed E-state index contributed by atoms with van der Waals surface area (Å²) >= 11 is 0. The Kier molecular flexibility index (Phi) is 4.56. The lowest BCUT2D eigenvalue weighted by Gasteiger charge is -2.36. The molecule has 4 rings (SSSR count). The van der Waals surface area contributed by atoms with Crippen LogP contribution in [0.1, 0.15) is 49.0 Å². The van der Waals surface area contributed by atoms with E-state index in [0.29, 0.717) is 0 Å². The molecule has 0 aliphatic heterocycles. The molecule has 0 spiro atoms. The molecule has 1 unspecified atom stereocenters. The highest BCUT2D eigenvalue weighted by Crippen LogP contribution is 2.41. The molecule has 1 aliphatic carbocycles. The molecule has 0 saturated heterocycles. The molecule has 0 fully saturated rings. The van der Waals surface area contributed by atoms with Gasteiger partial charge in [-0.1, -0.05) is 19.9 Å². The maximum absolute atomic E-state index is 13.3. The number of nitrogens with zero attached hydrogens (tertiary/aromatic N) is 3. The number of hydrogen-bond donors (Lipinski definition) is 1. The summed E-state index contributed by atoms with van der Waals surface area (Å²) in [7, 11) is 0. The second-order valence-electron chi connectivity index (χ2n) is 8.18. The molecule has 27 heavy (non-hydrogen) atoms. The maximum atomic E-state index is 13.3. The number of aromatic nitrogens is 3. The minimum absolute atomic E-state index is 0.155. The van der Waals surface area contributed by atoms with Gasteiger partial charge in [0.1, 0.15) is 5.82 Å². The molecule has 140 valence electrons. The van der Waals surface area contributed by atoms with Crippen molar-refractivity contribution in [3.05, 3.63) is 77.1 Å². The van der Waals surface area contributed by atoms with E-state index in [1.165, 1.54) is 23.4 Å². The minimum atomic E-state index is -0.231. The molecule has 2 heterocycles. The fourth-order valence-electron chi connectivity index (χ4n) is 3.96. The first-order valence-corrected chi connectivity index (χ1v) is 9.40. The smallest absolute Gasteiger partial charge is 0.123 e.